The summed E-state index contributed by atoms with van der Waals surface area (Å²) in [5.74, 6) is -0.855. The van der Waals surface area contributed by atoms with Gasteiger partial charge < -0.3 is 5.73 Å². The van der Waals surface area contributed by atoms with E-state index in [2.05, 4.69) is 10.2 Å². The number of primary amides is 1. The number of rotatable bonds is 1. The SMILES string of the molecule is NC(=O)c1ccc(C(F)(F)F)n2cnnc12. The van der Waals surface area contributed by atoms with E-state index in [4.69, 9.17) is 5.73 Å². The van der Waals surface area contributed by atoms with Gasteiger partial charge in [0.15, 0.2) is 5.65 Å². The molecule has 0 fully saturated rings. The van der Waals surface area contributed by atoms with E-state index < -0.39 is 17.8 Å². The van der Waals surface area contributed by atoms with Crippen LogP contribution in [0, 0.1) is 0 Å². The van der Waals surface area contributed by atoms with Gasteiger partial charge in [0.25, 0.3) is 5.91 Å². The molecule has 0 unspecified atom stereocenters. The lowest BCUT2D eigenvalue weighted by atomic mass is 10.2. The van der Waals surface area contributed by atoms with E-state index in [1.165, 1.54) is 0 Å². The van der Waals surface area contributed by atoms with Crippen LogP contribution in [0.2, 0.25) is 0 Å². The minimum absolute atomic E-state index is 0.106. The number of carbonyl (C=O) groups excluding carboxylic acids is 1. The summed E-state index contributed by atoms with van der Waals surface area (Å²) in [5.41, 5.74) is 3.72. The van der Waals surface area contributed by atoms with Crippen LogP contribution >= 0.6 is 0 Å². The Morgan fingerprint density at radius 2 is 2.06 bits per heavy atom. The minimum Gasteiger partial charge on any atom is -0.365 e. The van der Waals surface area contributed by atoms with Gasteiger partial charge in [-0.2, -0.15) is 13.2 Å². The summed E-state index contributed by atoms with van der Waals surface area (Å²) in [6.45, 7) is 0. The number of amides is 1. The molecule has 2 aromatic heterocycles. The van der Waals surface area contributed by atoms with Gasteiger partial charge in [-0.25, -0.2) is 0 Å². The lowest BCUT2D eigenvalue weighted by Crippen LogP contribution is -2.16. The van der Waals surface area contributed by atoms with Crippen molar-refractivity contribution in [1.29, 1.82) is 0 Å². The average Bonchev–Trinajstić information content (AvgIpc) is 2.61. The molecule has 2 heterocycles. The minimum atomic E-state index is -4.54. The summed E-state index contributed by atoms with van der Waals surface area (Å²) in [5, 5.41) is 6.75. The highest BCUT2D eigenvalue weighted by atomic mass is 19.4. The van der Waals surface area contributed by atoms with E-state index >= 15 is 0 Å². The Morgan fingerprint density at radius 3 is 2.62 bits per heavy atom. The monoisotopic (exact) mass is 230 g/mol. The van der Waals surface area contributed by atoms with E-state index in [0.29, 0.717) is 4.40 Å². The molecule has 84 valence electrons. The van der Waals surface area contributed by atoms with Crippen molar-refractivity contribution in [1.82, 2.24) is 14.6 Å². The summed E-state index contributed by atoms with van der Waals surface area (Å²) < 4.78 is 38.3. The molecule has 8 heteroatoms. The summed E-state index contributed by atoms with van der Waals surface area (Å²) in [6.07, 6.45) is -3.67. The van der Waals surface area contributed by atoms with Gasteiger partial charge >= 0.3 is 6.18 Å². The second-order valence-electron chi connectivity index (χ2n) is 3.02. The quantitative estimate of drug-likeness (QED) is 0.789. The fourth-order valence-corrected chi connectivity index (χ4v) is 1.34. The van der Waals surface area contributed by atoms with Crippen LogP contribution in [0.5, 0.6) is 0 Å². The maximum absolute atomic E-state index is 12.5. The predicted octanol–water partition coefficient (Wildman–Crippen LogP) is 0.847. The third-order valence-corrected chi connectivity index (χ3v) is 2.01. The molecule has 0 aliphatic rings. The molecule has 1 amide bonds. The summed E-state index contributed by atoms with van der Waals surface area (Å²) in [4.78, 5) is 10.9. The number of hydrogen-bond donors (Lipinski definition) is 1. The van der Waals surface area contributed by atoms with Crippen LogP contribution in [0.25, 0.3) is 5.65 Å². The Hall–Kier alpha value is -2.12. The van der Waals surface area contributed by atoms with Gasteiger partial charge in [0.2, 0.25) is 0 Å². The second-order valence-corrected chi connectivity index (χ2v) is 3.02. The molecular formula is C8H5F3N4O. The Kier molecular flexibility index (Phi) is 2.07. The molecule has 0 spiro atoms. The molecule has 2 rings (SSSR count). The summed E-state index contributed by atoms with van der Waals surface area (Å²) >= 11 is 0. The Labute approximate surface area is 86.7 Å². The molecule has 2 aromatic rings. The standard InChI is InChI=1S/C8H5F3N4O/c9-8(10,11)5-2-1-4(6(12)16)7-14-13-3-15(5)7/h1-3H,(H2,12,16). The Morgan fingerprint density at radius 1 is 1.38 bits per heavy atom. The third-order valence-electron chi connectivity index (χ3n) is 2.01. The van der Waals surface area contributed by atoms with Gasteiger partial charge in [-0.3, -0.25) is 9.20 Å². The molecule has 0 saturated carbocycles. The molecule has 0 aliphatic heterocycles. The molecular weight excluding hydrogens is 225 g/mol. The van der Waals surface area contributed by atoms with E-state index in [1.807, 2.05) is 0 Å². The van der Waals surface area contributed by atoms with Crippen LogP contribution in [-0.4, -0.2) is 20.5 Å². The van der Waals surface area contributed by atoms with Crippen LogP contribution in [0.15, 0.2) is 18.5 Å². The molecule has 2 N–H and O–H groups in total. The van der Waals surface area contributed by atoms with Crippen molar-refractivity contribution in [3.05, 3.63) is 29.7 Å². The predicted molar refractivity (Wildman–Crippen MR) is 46.5 cm³/mol. The van der Waals surface area contributed by atoms with Crippen LogP contribution in [0.4, 0.5) is 13.2 Å². The van der Waals surface area contributed by atoms with Crippen LogP contribution < -0.4 is 5.73 Å². The number of aromatic nitrogens is 3. The van der Waals surface area contributed by atoms with Crippen molar-refractivity contribution in [2.75, 3.05) is 0 Å². The smallest absolute Gasteiger partial charge is 0.365 e. The zero-order valence-electron chi connectivity index (χ0n) is 7.69. The first-order valence-corrected chi connectivity index (χ1v) is 4.11. The van der Waals surface area contributed by atoms with Gasteiger partial charge in [-0.05, 0) is 12.1 Å². The first-order chi connectivity index (χ1) is 7.41. The number of halogens is 3. The highest BCUT2D eigenvalue weighted by Crippen LogP contribution is 2.29. The van der Waals surface area contributed by atoms with Gasteiger partial charge in [-0.15, -0.1) is 10.2 Å². The maximum atomic E-state index is 12.5. The Balaban J connectivity index is 2.79. The van der Waals surface area contributed by atoms with Crippen molar-refractivity contribution >= 4 is 11.6 Å². The van der Waals surface area contributed by atoms with Gasteiger partial charge in [-0.1, -0.05) is 0 Å². The number of nitrogens with two attached hydrogens (primary N) is 1. The van der Waals surface area contributed by atoms with Crippen molar-refractivity contribution in [2.24, 2.45) is 5.73 Å². The lowest BCUT2D eigenvalue weighted by Gasteiger charge is -2.09. The van der Waals surface area contributed by atoms with Crippen molar-refractivity contribution in [2.45, 2.75) is 6.18 Å². The third kappa shape index (κ3) is 1.47. The normalized spacial score (nSPS) is 11.9. The summed E-state index contributed by atoms with van der Waals surface area (Å²) in [7, 11) is 0. The van der Waals surface area contributed by atoms with Gasteiger partial charge in [0, 0.05) is 0 Å². The average molecular weight is 230 g/mol. The van der Waals surface area contributed by atoms with Crippen LogP contribution in [0.1, 0.15) is 16.1 Å². The van der Waals surface area contributed by atoms with Crippen molar-refractivity contribution in [3.63, 3.8) is 0 Å². The first kappa shape index (κ1) is 10.4. The fourth-order valence-electron chi connectivity index (χ4n) is 1.34. The van der Waals surface area contributed by atoms with Crippen LogP contribution in [-0.2, 0) is 6.18 Å². The highest BCUT2D eigenvalue weighted by Gasteiger charge is 2.34. The summed E-state index contributed by atoms with van der Waals surface area (Å²) in [6, 6.07) is 1.74. The number of carbonyl (C=O) groups is 1. The molecule has 0 saturated heterocycles. The molecule has 0 aromatic carbocycles. The first-order valence-electron chi connectivity index (χ1n) is 4.11. The van der Waals surface area contributed by atoms with Gasteiger partial charge in [0.05, 0.1) is 5.56 Å². The van der Waals surface area contributed by atoms with Crippen molar-refractivity contribution < 1.29 is 18.0 Å². The zero-order chi connectivity index (χ0) is 11.9. The number of nitrogens with zero attached hydrogens (tertiary/aromatic N) is 3. The Bertz CT molecular complexity index is 560. The number of pyridine rings is 1. The lowest BCUT2D eigenvalue weighted by molar-refractivity contribution is -0.142. The van der Waals surface area contributed by atoms with Crippen molar-refractivity contribution in [3.8, 4) is 0 Å². The molecule has 0 bridgehead atoms. The van der Waals surface area contributed by atoms with E-state index in [1.54, 1.807) is 0 Å². The molecule has 0 radical (unpaired) electrons. The fraction of sp³-hybridized carbons (Fsp3) is 0.125. The highest BCUT2D eigenvalue weighted by molar-refractivity contribution is 5.98. The molecule has 0 aliphatic carbocycles. The maximum Gasteiger partial charge on any atom is 0.431 e. The number of alkyl halides is 3. The van der Waals surface area contributed by atoms with E-state index in [-0.39, 0.29) is 11.2 Å². The van der Waals surface area contributed by atoms with Gasteiger partial charge in [0.1, 0.15) is 12.0 Å². The molecule has 16 heavy (non-hydrogen) atoms. The van der Waals surface area contributed by atoms with E-state index in [9.17, 15) is 18.0 Å². The second kappa shape index (κ2) is 3.19. The number of fused-ring (bicyclic) bond motifs is 1. The molecule has 5 nitrogen and oxygen atoms in total. The van der Waals surface area contributed by atoms with E-state index in [0.717, 1.165) is 18.5 Å². The zero-order valence-corrected chi connectivity index (χ0v) is 7.69. The topological polar surface area (TPSA) is 73.3 Å². The van der Waals surface area contributed by atoms with Crippen LogP contribution in [0.3, 0.4) is 0 Å². The molecule has 0 atom stereocenters. The number of hydrogen-bond acceptors (Lipinski definition) is 3. The largest absolute Gasteiger partial charge is 0.431 e.